The maximum Gasteiger partial charge on any atom is 0.123 e. The second kappa shape index (κ2) is 8.21. The molecule has 0 bridgehead atoms. The summed E-state index contributed by atoms with van der Waals surface area (Å²) in [6.07, 6.45) is -0.0559. The summed E-state index contributed by atoms with van der Waals surface area (Å²) in [6.45, 7) is 2.26. The number of hydrogen-bond donors (Lipinski definition) is 1. The van der Waals surface area contributed by atoms with Gasteiger partial charge < -0.3 is 9.84 Å². The maximum atomic E-state index is 13.6. The molecule has 4 nitrogen and oxygen atoms in total. The van der Waals surface area contributed by atoms with Crippen LogP contribution in [0.1, 0.15) is 29.2 Å². The number of rotatable bonds is 5. The van der Waals surface area contributed by atoms with Gasteiger partial charge in [-0.1, -0.05) is 30.3 Å². The van der Waals surface area contributed by atoms with Gasteiger partial charge in [-0.3, -0.25) is 4.90 Å². The van der Waals surface area contributed by atoms with Crippen molar-refractivity contribution in [1.29, 1.82) is 5.26 Å². The molecule has 1 fully saturated rings. The fraction of sp³-hybridized carbons (Fsp3) is 0.350. The molecule has 0 spiro atoms. The Balaban J connectivity index is 1.73. The molecule has 2 aromatic carbocycles. The summed E-state index contributed by atoms with van der Waals surface area (Å²) < 4.78 is 19.1. The molecule has 0 aliphatic carbocycles. The number of ether oxygens (including phenoxy) is 1. The number of aliphatic hydroxyl groups is 1. The largest absolute Gasteiger partial charge is 0.388 e. The van der Waals surface area contributed by atoms with Crippen molar-refractivity contribution in [3.05, 3.63) is 71.0 Å². The van der Waals surface area contributed by atoms with Crippen LogP contribution in [0.3, 0.4) is 0 Å². The Bertz CT molecular complexity index is 745. The lowest BCUT2D eigenvalue weighted by Crippen LogP contribution is -2.45. The Labute approximate surface area is 147 Å². The smallest absolute Gasteiger partial charge is 0.123 e. The van der Waals surface area contributed by atoms with Gasteiger partial charge in [-0.2, -0.15) is 5.26 Å². The van der Waals surface area contributed by atoms with Gasteiger partial charge in [0, 0.05) is 19.1 Å². The summed E-state index contributed by atoms with van der Waals surface area (Å²) >= 11 is 0. The van der Waals surface area contributed by atoms with Crippen molar-refractivity contribution >= 4 is 0 Å². The van der Waals surface area contributed by atoms with Gasteiger partial charge >= 0.3 is 0 Å². The van der Waals surface area contributed by atoms with Crippen molar-refractivity contribution in [3.8, 4) is 6.07 Å². The molecule has 2 atom stereocenters. The highest BCUT2D eigenvalue weighted by atomic mass is 19.1. The Kier molecular flexibility index (Phi) is 5.77. The molecule has 1 heterocycles. The number of aliphatic hydroxyl groups excluding tert-OH is 1. The van der Waals surface area contributed by atoms with E-state index in [1.807, 2.05) is 30.3 Å². The Morgan fingerprint density at radius 1 is 1.28 bits per heavy atom. The Morgan fingerprint density at radius 3 is 2.84 bits per heavy atom. The number of morpholine rings is 1. The van der Waals surface area contributed by atoms with E-state index in [9.17, 15) is 14.8 Å². The van der Waals surface area contributed by atoms with Gasteiger partial charge in [-0.25, -0.2) is 4.39 Å². The van der Waals surface area contributed by atoms with Crippen molar-refractivity contribution in [2.24, 2.45) is 0 Å². The van der Waals surface area contributed by atoms with Crippen LogP contribution in [0.15, 0.2) is 48.5 Å². The Hall–Kier alpha value is -2.26. The number of nitriles is 1. The third kappa shape index (κ3) is 4.43. The van der Waals surface area contributed by atoms with E-state index in [1.165, 1.54) is 18.2 Å². The molecule has 1 aliphatic rings. The van der Waals surface area contributed by atoms with Crippen LogP contribution in [0, 0.1) is 17.1 Å². The molecule has 5 heteroatoms. The fourth-order valence-electron chi connectivity index (χ4n) is 3.20. The average Bonchev–Trinajstić information content (AvgIpc) is 2.64. The molecule has 25 heavy (non-hydrogen) atoms. The highest BCUT2D eigenvalue weighted by molar-refractivity contribution is 5.37. The molecule has 3 rings (SSSR count). The van der Waals surface area contributed by atoms with Crippen molar-refractivity contribution in [2.45, 2.75) is 25.1 Å². The zero-order valence-electron chi connectivity index (χ0n) is 13.9. The quantitative estimate of drug-likeness (QED) is 0.909. The summed E-state index contributed by atoms with van der Waals surface area (Å²) in [5, 5.41) is 19.8. The van der Waals surface area contributed by atoms with Crippen LogP contribution in [0.2, 0.25) is 0 Å². The van der Waals surface area contributed by atoms with Gasteiger partial charge in [0.1, 0.15) is 5.82 Å². The van der Waals surface area contributed by atoms with Crippen LogP contribution >= 0.6 is 0 Å². The minimum Gasteiger partial charge on any atom is -0.388 e. The number of benzene rings is 2. The molecule has 2 aromatic rings. The summed E-state index contributed by atoms with van der Waals surface area (Å²) in [5.41, 5.74) is 2.02. The summed E-state index contributed by atoms with van der Waals surface area (Å²) in [5.74, 6) is -0.344. The molecule has 130 valence electrons. The second-order valence-corrected chi connectivity index (χ2v) is 6.27. The highest BCUT2D eigenvalue weighted by Gasteiger charge is 2.26. The van der Waals surface area contributed by atoms with Crippen molar-refractivity contribution in [1.82, 2.24) is 4.90 Å². The van der Waals surface area contributed by atoms with E-state index < -0.39 is 6.10 Å². The molecule has 0 amide bonds. The van der Waals surface area contributed by atoms with Gasteiger partial charge in [0.25, 0.3) is 0 Å². The van der Waals surface area contributed by atoms with Crippen LogP contribution in [-0.2, 0) is 11.3 Å². The van der Waals surface area contributed by atoms with E-state index in [0.29, 0.717) is 43.9 Å². The van der Waals surface area contributed by atoms with Crippen molar-refractivity contribution in [2.75, 3.05) is 19.8 Å². The number of halogens is 1. The van der Waals surface area contributed by atoms with E-state index in [1.54, 1.807) is 0 Å². The van der Waals surface area contributed by atoms with E-state index in [0.717, 1.165) is 5.56 Å². The molecule has 0 radical (unpaired) electrons. The van der Waals surface area contributed by atoms with Crippen LogP contribution < -0.4 is 0 Å². The second-order valence-electron chi connectivity index (χ2n) is 6.27. The SMILES string of the molecule is N#Cc1ccc(F)cc1CN1CCOC[C@@H]1C[C@@H](O)c1ccccc1. The molecule has 1 aliphatic heterocycles. The third-order valence-electron chi connectivity index (χ3n) is 4.59. The molecule has 1 saturated heterocycles. The van der Waals surface area contributed by atoms with Crippen molar-refractivity contribution < 1.29 is 14.2 Å². The normalized spacial score (nSPS) is 19.3. The monoisotopic (exact) mass is 340 g/mol. The summed E-state index contributed by atoms with van der Waals surface area (Å²) in [6, 6.07) is 15.9. The molecular formula is C20H21FN2O2. The first-order valence-corrected chi connectivity index (χ1v) is 8.40. The zero-order valence-corrected chi connectivity index (χ0v) is 13.9. The van der Waals surface area contributed by atoms with Gasteiger partial charge in [-0.15, -0.1) is 0 Å². The van der Waals surface area contributed by atoms with E-state index in [-0.39, 0.29) is 11.9 Å². The summed E-state index contributed by atoms with van der Waals surface area (Å²) in [4.78, 5) is 2.16. The molecule has 0 aromatic heterocycles. The average molecular weight is 340 g/mol. The Morgan fingerprint density at radius 2 is 2.08 bits per heavy atom. The van der Waals surface area contributed by atoms with Crippen molar-refractivity contribution in [3.63, 3.8) is 0 Å². The number of hydrogen-bond acceptors (Lipinski definition) is 4. The molecular weight excluding hydrogens is 319 g/mol. The predicted octanol–water partition coefficient (Wildman–Crippen LogP) is 3.02. The molecule has 0 saturated carbocycles. The number of nitrogens with zero attached hydrogens (tertiary/aromatic N) is 2. The summed E-state index contributed by atoms with van der Waals surface area (Å²) in [7, 11) is 0. The third-order valence-corrected chi connectivity index (χ3v) is 4.59. The first kappa shape index (κ1) is 17.6. The lowest BCUT2D eigenvalue weighted by Gasteiger charge is -2.36. The minimum atomic E-state index is -0.585. The van der Waals surface area contributed by atoms with Gasteiger partial charge in [0.15, 0.2) is 0 Å². The topological polar surface area (TPSA) is 56.5 Å². The fourth-order valence-corrected chi connectivity index (χ4v) is 3.20. The van der Waals surface area contributed by atoms with Crippen LogP contribution in [0.25, 0.3) is 0 Å². The van der Waals surface area contributed by atoms with Crippen LogP contribution in [0.4, 0.5) is 4.39 Å². The van der Waals surface area contributed by atoms with Gasteiger partial charge in [0.05, 0.1) is 31.0 Å². The first-order valence-electron chi connectivity index (χ1n) is 8.40. The van der Waals surface area contributed by atoms with E-state index >= 15 is 0 Å². The van der Waals surface area contributed by atoms with E-state index in [2.05, 4.69) is 11.0 Å². The highest BCUT2D eigenvalue weighted by Crippen LogP contribution is 2.24. The van der Waals surface area contributed by atoms with Gasteiger partial charge in [0.2, 0.25) is 0 Å². The predicted molar refractivity (Wildman–Crippen MR) is 92.2 cm³/mol. The molecule has 1 N–H and O–H groups in total. The minimum absolute atomic E-state index is 0.0127. The van der Waals surface area contributed by atoms with Crippen LogP contribution in [0.5, 0.6) is 0 Å². The zero-order chi connectivity index (χ0) is 17.6. The van der Waals surface area contributed by atoms with Gasteiger partial charge in [-0.05, 0) is 35.7 Å². The standard InChI is InChI=1S/C20H21FN2O2/c21-18-7-6-16(12-22)17(10-18)13-23-8-9-25-14-19(23)11-20(24)15-4-2-1-3-5-15/h1-7,10,19-20,24H,8-9,11,13-14H2/t19-,20+/m0/s1. The lowest BCUT2D eigenvalue weighted by atomic mass is 9.99. The lowest BCUT2D eigenvalue weighted by molar-refractivity contribution is -0.0300. The molecule has 0 unspecified atom stereocenters. The van der Waals surface area contributed by atoms with Crippen LogP contribution in [-0.4, -0.2) is 35.8 Å². The first-order chi connectivity index (χ1) is 12.2. The van der Waals surface area contributed by atoms with E-state index in [4.69, 9.17) is 4.74 Å². The maximum absolute atomic E-state index is 13.6.